The van der Waals surface area contributed by atoms with Crippen molar-refractivity contribution in [1.82, 2.24) is 10.2 Å². The van der Waals surface area contributed by atoms with Crippen LogP contribution in [0.25, 0.3) is 0 Å². The van der Waals surface area contributed by atoms with Gasteiger partial charge in [-0.05, 0) is 26.7 Å². The minimum absolute atomic E-state index is 0.277. The van der Waals surface area contributed by atoms with Crippen molar-refractivity contribution in [3.63, 3.8) is 0 Å². The first kappa shape index (κ1) is 16.2. The highest BCUT2D eigenvalue weighted by atomic mass is 16.5. The summed E-state index contributed by atoms with van der Waals surface area (Å²) in [6.07, 6.45) is 3.15. The summed E-state index contributed by atoms with van der Waals surface area (Å²) in [5.74, 6) is 0. The molecule has 1 N–H and O–H groups in total. The van der Waals surface area contributed by atoms with Gasteiger partial charge in [0.05, 0.1) is 18.8 Å². The molecule has 2 heterocycles. The highest BCUT2D eigenvalue weighted by Crippen LogP contribution is 2.30. The molecule has 4 nitrogen and oxygen atoms in total. The van der Waals surface area contributed by atoms with Gasteiger partial charge in [-0.2, -0.15) is 0 Å². The molecule has 4 heteroatoms. The Labute approximate surface area is 124 Å². The summed E-state index contributed by atoms with van der Waals surface area (Å²) in [7, 11) is 0. The third-order valence-corrected chi connectivity index (χ3v) is 4.34. The van der Waals surface area contributed by atoms with Gasteiger partial charge in [-0.1, -0.05) is 13.8 Å². The molecule has 0 saturated carbocycles. The van der Waals surface area contributed by atoms with E-state index in [2.05, 4.69) is 37.9 Å². The lowest BCUT2D eigenvalue weighted by Crippen LogP contribution is -2.54. The van der Waals surface area contributed by atoms with E-state index in [-0.39, 0.29) is 5.41 Å². The first-order valence-corrected chi connectivity index (χ1v) is 8.18. The summed E-state index contributed by atoms with van der Waals surface area (Å²) in [5, 5.41) is 3.63. The van der Waals surface area contributed by atoms with Crippen LogP contribution in [0, 0.1) is 5.41 Å². The Hall–Kier alpha value is -0.160. The second kappa shape index (κ2) is 7.21. The Morgan fingerprint density at radius 1 is 1.25 bits per heavy atom. The van der Waals surface area contributed by atoms with Crippen molar-refractivity contribution in [1.29, 1.82) is 0 Å². The third kappa shape index (κ3) is 4.69. The van der Waals surface area contributed by atoms with Crippen LogP contribution in [-0.4, -0.2) is 62.5 Å². The summed E-state index contributed by atoms with van der Waals surface area (Å²) in [4.78, 5) is 2.58. The van der Waals surface area contributed by atoms with Gasteiger partial charge in [-0.3, -0.25) is 4.90 Å². The molecule has 0 radical (unpaired) electrons. The Balaban J connectivity index is 1.95. The van der Waals surface area contributed by atoms with Gasteiger partial charge in [0.2, 0.25) is 0 Å². The summed E-state index contributed by atoms with van der Waals surface area (Å²) in [6.45, 7) is 14.9. The fourth-order valence-electron chi connectivity index (χ4n) is 3.54. The fraction of sp³-hybridized carbons (Fsp3) is 1.00. The van der Waals surface area contributed by atoms with E-state index in [0.717, 1.165) is 39.4 Å². The van der Waals surface area contributed by atoms with Gasteiger partial charge in [0.25, 0.3) is 0 Å². The maximum atomic E-state index is 5.85. The average Bonchev–Trinajstić information content (AvgIpc) is 2.36. The molecule has 0 aromatic heterocycles. The highest BCUT2D eigenvalue weighted by Gasteiger charge is 2.36. The minimum atomic E-state index is 0.277. The predicted molar refractivity (Wildman–Crippen MR) is 82.1 cm³/mol. The van der Waals surface area contributed by atoms with Crippen LogP contribution >= 0.6 is 0 Å². The minimum Gasteiger partial charge on any atom is -0.381 e. The summed E-state index contributed by atoms with van der Waals surface area (Å²) in [6, 6.07) is 0.538. The number of rotatable bonds is 5. The van der Waals surface area contributed by atoms with Crippen LogP contribution in [0.4, 0.5) is 0 Å². The number of ether oxygens (including phenoxy) is 2. The molecule has 0 spiro atoms. The molecule has 2 aliphatic rings. The Bertz CT molecular complexity index is 280. The second-order valence-corrected chi connectivity index (χ2v) is 7.14. The lowest BCUT2D eigenvalue weighted by atomic mass is 9.81. The molecule has 3 atom stereocenters. The van der Waals surface area contributed by atoms with Crippen LogP contribution in [-0.2, 0) is 9.47 Å². The smallest absolute Gasteiger partial charge is 0.0678 e. The summed E-state index contributed by atoms with van der Waals surface area (Å²) < 4.78 is 11.7. The van der Waals surface area contributed by atoms with E-state index in [1.54, 1.807) is 0 Å². The molecule has 0 amide bonds. The molecule has 2 saturated heterocycles. The van der Waals surface area contributed by atoms with Crippen molar-refractivity contribution in [2.75, 3.05) is 39.4 Å². The number of morpholine rings is 1. The Morgan fingerprint density at radius 2 is 1.95 bits per heavy atom. The lowest BCUT2D eigenvalue weighted by molar-refractivity contribution is -0.0933. The predicted octanol–water partition coefficient (Wildman–Crippen LogP) is 1.89. The van der Waals surface area contributed by atoms with Crippen LogP contribution in [0.3, 0.4) is 0 Å². The largest absolute Gasteiger partial charge is 0.381 e. The van der Waals surface area contributed by atoms with E-state index in [4.69, 9.17) is 9.47 Å². The SMILES string of the molecule is CC(C)NCC1(CN2C[C@@H](C)O[C@@H](C)C2)CCCOC1. The molecule has 20 heavy (non-hydrogen) atoms. The summed E-state index contributed by atoms with van der Waals surface area (Å²) >= 11 is 0. The molecule has 0 aromatic carbocycles. The molecule has 2 aliphatic heterocycles. The molecular formula is C16H32N2O2. The second-order valence-electron chi connectivity index (χ2n) is 7.14. The van der Waals surface area contributed by atoms with Gasteiger partial charge < -0.3 is 14.8 Å². The van der Waals surface area contributed by atoms with Crippen LogP contribution in [0.1, 0.15) is 40.5 Å². The van der Waals surface area contributed by atoms with Crippen LogP contribution in [0.15, 0.2) is 0 Å². The van der Waals surface area contributed by atoms with Crippen molar-refractivity contribution in [3.05, 3.63) is 0 Å². The maximum absolute atomic E-state index is 5.85. The van der Waals surface area contributed by atoms with E-state index in [0.29, 0.717) is 18.2 Å². The van der Waals surface area contributed by atoms with Crippen molar-refractivity contribution in [2.45, 2.75) is 58.8 Å². The monoisotopic (exact) mass is 284 g/mol. The molecule has 118 valence electrons. The van der Waals surface area contributed by atoms with Crippen LogP contribution in [0.5, 0.6) is 0 Å². The zero-order chi connectivity index (χ0) is 14.6. The zero-order valence-corrected chi connectivity index (χ0v) is 13.7. The van der Waals surface area contributed by atoms with Crippen molar-refractivity contribution in [3.8, 4) is 0 Å². The van der Waals surface area contributed by atoms with Crippen molar-refractivity contribution in [2.24, 2.45) is 5.41 Å². The molecular weight excluding hydrogens is 252 g/mol. The zero-order valence-electron chi connectivity index (χ0n) is 13.7. The first-order valence-electron chi connectivity index (χ1n) is 8.18. The van der Waals surface area contributed by atoms with Gasteiger partial charge in [-0.15, -0.1) is 0 Å². The number of nitrogens with zero attached hydrogens (tertiary/aromatic N) is 1. The molecule has 0 aromatic rings. The van der Waals surface area contributed by atoms with E-state index in [1.807, 2.05) is 0 Å². The van der Waals surface area contributed by atoms with Crippen molar-refractivity contribution >= 4 is 0 Å². The van der Waals surface area contributed by atoms with E-state index < -0.39 is 0 Å². The molecule has 0 bridgehead atoms. The Kier molecular flexibility index (Phi) is 5.84. The maximum Gasteiger partial charge on any atom is 0.0678 e. The van der Waals surface area contributed by atoms with Crippen LogP contribution < -0.4 is 5.32 Å². The van der Waals surface area contributed by atoms with E-state index in [9.17, 15) is 0 Å². The van der Waals surface area contributed by atoms with Gasteiger partial charge in [0, 0.05) is 44.2 Å². The topological polar surface area (TPSA) is 33.7 Å². The number of hydrogen-bond acceptors (Lipinski definition) is 4. The van der Waals surface area contributed by atoms with Gasteiger partial charge in [0.1, 0.15) is 0 Å². The Morgan fingerprint density at radius 3 is 2.50 bits per heavy atom. The molecule has 1 unspecified atom stereocenters. The normalized spacial score (nSPS) is 36.5. The average molecular weight is 284 g/mol. The van der Waals surface area contributed by atoms with Gasteiger partial charge in [-0.25, -0.2) is 0 Å². The molecule has 0 aliphatic carbocycles. The fourth-order valence-corrected chi connectivity index (χ4v) is 3.54. The standard InChI is InChI=1S/C16H32N2O2/c1-13(2)17-10-16(6-5-7-19-12-16)11-18-8-14(3)20-15(4)9-18/h13-15,17H,5-12H2,1-4H3/t14-,15+,16?. The van der Waals surface area contributed by atoms with Gasteiger partial charge in [0.15, 0.2) is 0 Å². The molecule has 2 fully saturated rings. The van der Waals surface area contributed by atoms with Gasteiger partial charge >= 0.3 is 0 Å². The number of nitrogens with one attached hydrogen (secondary N) is 1. The summed E-state index contributed by atoms with van der Waals surface area (Å²) in [5.41, 5.74) is 0.277. The lowest BCUT2D eigenvalue weighted by Gasteiger charge is -2.44. The van der Waals surface area contributed by atoms with Crippen molar-refractivity contribution < 1.29 is 9.47 Å². The third-order valence-electron chi connectivity index (χ3n) is 4.34. The quantitative estimate of drug-likeness (QED) is 0.836. The molecule has 2 rings (SSSR count). The number of hydrogen-bond donors (Lipinski definition) is 1. The van der Waals surface area contributed by atoms with E-state index in [1.165, 1.54) is 12.8 Å². The first-order chi connectivity index (χ1) is 9.49. The van der Waals surface area contributed by atoms with Crippen LogP contribution in [0.2, 0.25) is 0 Å². The van der Waals surface area contributed by atoms with E-state index >= 15 is 0 Å². The highest BCUT2D eigenvalue weighted by molar-refractivity contribution is 4.89.